The zero-order chi connectivity index (χ0) is 24.9. The molecule has 0 heterocycles. The quantitative estimate of drug-likeness (QED) is 0.484. The van der Waals surface area contributed by atoms with E-state index in [4.69, 9.17) is 11.6 Å². The second-order valence-electron chi connectivity index (χ2n) is 7.92. The number of sulfonamides is 1. The van der Waals surface area contributed by atoms with Gasteiger partial charge in [0.25, 0.3) is 0 Å². The van der Waals surface area contributed by atoms with Gasteiger partial charge in [0.05, 0.1) is 11.4 Å². The maximum atomic E-state index is 13.4. The van der Waals surface area contributed by atoms with E-state index in [2.05, 4.69) is 5.32 Å². The fourth-order valence-electron chi connectivity index (χ4n) is 3.77. The molecule has 3 rings (SSSR count). The van der Waals surface area contributed by atoms with Crippen molar-refractivity contribution in [1.29, 1.82) is 0 Å². The number of amides is 2. The first-order chi connectivity index (χ1) is 16.2. The van der Waals surface area contributed by atoms with Crippen molar-refractivity contribution < 1.29 is 18.0 Å². The van der Waals surface area contributed by atoms with Crippen LogP contribution in [0, 0.1) is 0 Å². The van der Waals surface area contributed by atoms with Crippen LogP contribution in [0.1, 0.15) is 18.9 Å². The molecule has 0 aliphatic rings. The number of fused-ring (bicyclic) bond motifs is 1. The Bertz CT molecular complexity index is 1300. The zero-order valence-corrected chi connectivity index (χ0v) is 20.9. The summed E-state index contributed by atoms with van der Waals surface area (Å²) in [6.07, 6.45) is 0.358. The normalized spacial score (nSPS) is 12.5. The summed E-state index contributed by atoms with van der Waals surface area (Å²) in [4.78, 5) is 27.4. The van der Waals surface area contributed by atoms with Crippen LogP contribution in [0.4, 0.5) is 0 Å². The molecule has 1 atom stereocenters. The number of likely N-dealkylation sites (N-methyl/N-ethyl adjacent to an activating group) is 2. The van der Waals surface area contributed by atoms with Crippen LogP contribution >= 0.6 is 11.6 Å². The molecule has 0 bridgehead atoms. The van der Waals surface area contributed by atoms with Gasteiger partial charge in [-0.25, -0.2) is 8.42 Å². The van der Waals surface area contributed by atoms with Crippen LogP contribution in [0.15, 0.2) is 71.6 Å². The molecule has 0 saturated carbocycles. The molecular weight excluding hydrogens is 474 g/mol. The van der Waals surface area contributed by atoms with Crippen LogP contribution in [-0.2, 0) is 26.2 Å². The maximum absolute atomic E-state index is 13.4. The van der Waals surface area contributed by atoms with Crippen molar-refractivity contribution in [3.8, 4) is 0 Å². The van der Waals surface area contributed by atoms with Crippen molar-refractivity contribution in [3.63, 3.8) is 0 Å². The average molecular weight is 502 g/mol. The minimum Gasteiger partial charge on any atom is -0.357 e. The Morgan fingerprint density at radius 3 is 2.29 bits per heavy atom. The number of benzene rings is 3. The summed E-state index contributed by atoms with van der Waals surface area (Å²) in [6.45, 7) is 1.45. The Labute approximate surface area is 205 Å². The second-order valence-corrected chi connectivity index (χ2v) is 10.4. The summed E-state index contributed by atoms with van der Waals surface area (Å²) < 4.78 is 27.5. The molecule has 0 unspecified atom stereocenters. The first kappa shape index (κ1) is 25.7. The Morgan fingerprint density at radius 1 is 1.00 bits per heavy atom. The van der Waals surface area contributed by atoms with E-state index in [0.29, 0.717) is 17.0 Å². The molecule has 2 amide bonds. The highest BCUT2D eigenvalue weighted by Gasteiger charge is 2.31. The summed E-state index contributed by atoms with van der Waals surface area (Å²) in [5.41, 5.74) is 0.667. The van der Waals surface area contributed by atoms with Gasteiger partial charge in [0.2, 0.25) is 21.8 Å². The van der Waals surface area contributed by atoms with E-state index in [1.165, 1.54) is 25.1 Å². The summed E-state index contributed by atoms with van der Waals surface area (Å²) in [7, 11) is -1.08. The van der Waals surface area contributed by atoms with E-state index in [-0.39, 0.29) is 17.3 Å². The highest BCUT2D eigenvalue weighted by Crippen LogP contribution is 2.23. The third kappa shape index (κ3) is 5.58. The van der Waals surface area contributed by atoms with E-state index in [9.17, 15) is 18.0 Å². The third-order valence-electron chi connectivity index (χ3n) is 5.72. The maximum Gasteiger partial charge on any atom is 0.243 e. The predicted octanol–water partition coefficient (Wildman–Crippen LogP) is 3.67. The Hall–Kier alpha value is -2.94. The number of carbonyl (C=O) groups is 2. The van der Waals surface area contributed by atoms with Crippen LogP contribution in [0.25, 0.3) is 10.8 Å². The molecular formula is C25H28ClN3O4S. The fourth-order valence-corrected chi connectivity index (χ4v) is 5.12. The van der Waals surface area contributed by atoms with E-state index in [0.717, 1.165) is 15.1 Å². The molecule has 3 aromatic rings. The molecule has 3 aromatic carbocycles. The van der Waals surface area contributed by atoms with Gasteiger partial charge in [-0.3, -0.25) is 9.59 Å². The van der Waals surface area contributed by atoms with Crippen LogP contribution in [0.5, 0.6) is 0 Å². The van der Waals surface area contributed by atoms with E-state index in [1.54, 1.807) is 43.3 Å². The first-order valence-corrected chi connectivity index (χ1v) is 12.7. The predicted molar refractivity (Wildman–Crippen MR) is 134 cm³/mol. The highest BCUT2D eigenvalue weighted by atomic mass is 35.5. The van der Waals surface area contributed by atoms with Gasteiger partial charge in [-0.2, -0.15) is 4.31 Å². The number of hydrogen-bond acceptors (Lipinski definition) is 4. The molecule has 0 fully saturated rings. The van der Waals surface area contributed by atoms with Gasteiger partial charge >= 0.3 is 0 Å². The minimum atomic E-state index is -3.94. The van der Waals surface area contributed by atoms with E-state index < -0.39 is 28.5 Å². The van der Waals surface area contributed by atoms with Crippen LogP contribution in [0.3, 0.4) is 0 Å². The Kier molecular flexibility index (Phi) is 8.30. The van der Waals surface area contributed by atoms with Gasteiger partial charge in [-0.05, 0) is 41.0 Å². The lowest BCUT2D eigenvalue weighted by atomic mass is 10.1. The summed E-state index contributed by atoms with van der Waals surface area (Å²) in [5.74, 6) is -0.829. The van der Waals surface area contributed by atoms with Gasteiger partial charge in [0, 0.05) is 25.7 Å². The summed E-state index contributed by atoms with van der Waals surface area (Å²) in [6, 6.07) is 18.6. The smallest absolute Gasteiger partial charge is 0.243 e. The summed E-state index contributed by atoms with van der Waals surface area (Å²) in [5, 5.41) is 4.75. The molecule has 34 heavy (non-hydrogen) atoms. The lowest BCUT2D eigenvalue weighted by Gasteiger charge is -2.31. The second kappa shape index (κ2) is 11.0. The van der Waals surface area contributed by atoms with Crippen molar-refractivity contribution in [3.05, 3.63) is 77.3 Å². The molecule has 1 N–H and O–H groups in total. The standard InChI is InChI=1S/C25H28ClN3O4S/c1-4-23(25(31)27-2)29(16-20-11-7-8-12-22(20)26)24(30)17-28(3)34(32,33)21-14-13-18-9-5-6-10-19(18)15-21/h5-15,23H,4,16-17H2,1-3H3,(H,27,31)/t23-/m0/s1. The van der Waals surface area contributed by atoms with Crippen LogP contribution in [-0.4, -0.2) is 56.1 Å². The molecule has 7 nitrogen and oxygen atoms in total. The molecule has 0 aromatic heterocycles. The number of hydrogen-bond donors (Lipinski definition) is 1. The van der Waals surface area contributed by atoms with Crippen molar-refractivity contribution in [2.24, 2.45) is 0 Å². The third-order valence-corrected chi connectivity index (χ3v) is 7.89. The SMILES string of the molecule is CC[C@@H](C(=O)NC)N(Cc1ccccc1Cl)C(=O)CN(C)S(=O)(=O)c1ccc2ccccc2c1. The summed E-state index contributed by atoms with van der Waals surface area (Å²) >= 11 is 6.30. The molecule has 0 saturated heterocycles. The Balaban J connectivity index is 1.89. The van der Waals surface area contributed by atoms with Crippen molar-refractivity contribution in [2.45, 2.75) is 30.8 Å². The lowest BCUT2D eigenvalue weighted by molar-refractivity contribution is -0.141. The van der Waals surface area contributed by atoms with Gasteiger partial charge in [-0.1, -0.05) is 67.1 Å². The average Bonchev–Trinajstić information content (AvgIpc) is 2.84. The van der Waals surface area contributed by atoms with Crippen LogP contribution < -0.4 is 5.32 Å². The van der Waals surface area contributed by atoms with Crippen molar-refractivity contribution in [2.75, 3.05) is 20.6 Å². The fraction of sp³-hybridized carbons (Fsp3) is 0.280. The topological polar surface area (TPSA) is 86.8 Å². The number of nitrogens with zero attached hydrogens (tertiary/aromatic N) is 2. The van der Waals surface area contributed by atoms with E-state index >= 15 is 0 Å². The van der Waals surface area contributed by atoms with Gasteiger partial charge < -0.3 is 10.2 Å². The molecule has 180 valence electrons. The number of rotatable bonds is 9. The molecule has 9 heteroatoms. The van der Waals surface area contributed by atoms with Crippen molar-refractivity contribution in [1.82, 2.24) is 14.5 Å². The van der Waals surface area contributed by atoms with E-state index in [1.807, 2.05) is 24.3 Å². The Morgan fingerprint density at radius 2 is 1.65 bits per heavy atom. The lowest BCUT2D eigenvalue weighted by Crippen LogP contribution is -2.51. The number of nitrogens with one attached hydrogen (secondary N) is 1. The molecule has 0 spiro atoms. The first-order valence-electron chi connectivity index (χ1n) is 10.9. The van der Waals surface area contributed by atoms with Crippen molar-refractivity contribution >= 4 is 44.2 Å². The zero-order valence-electron chi connectivity index (χ0n) is 19.4. The van der Waals surface area contributed by atoms with Gasteiger partial charge in [0.1, 0.15) is 6.04 Å². The number of carbonyl (C=O) groups excluding carboxylic acids is 2. The largest absolute Gasteiger partial charge is 0.357 e. The molecule has 0 aliphatic carbocycles. The highest BCUT2D eigenvalue weighted by molar-refractivity contribution is 7.89. The van der Waals surface area contributed by atoms with Gasteiger partial charge in [-0.15, -0.1) is 0 Å². The van der Waals surface area contributed by atoms with Crippen LogP contribution in [0.2, 0.25) is 5.02 Å². The van der Waals surface area contributed by atoms with Gasteiger partial charge in [0.15, 0.2) is 0 Å². The minimum absolute atomic E-state index is 0.0777. The molecule has 0 radical (unpaired) electrons. The molecule has 0 aliphatic heterocycles. The number of halogens is 1. The monoisotopic (exact) mass is 501 g/mol.